The zero-order valence-corrected chi connectivity index (χ0v) is 25.7. The highest BCUT2D eigenvalue weighted by Crippen LogP contribution is 2.36. The number of amides is 1. The second kappa shape index (κ2) is 12.2. The summed E-state index contributed by atoms with van der Waals surface area (Å²) < 4.78 is 7.95. The van der Waals surface area contributed by atoms with Crippen molar-refractivity contribution in [2.75, 3.05) is 6.61 Å². The van der Waals surface area contributed by atoms with Gasteiger partial charge in [-0.1, -0.05) is 42.6 Å². The monoisotopic (exact) mass is 590 g/mol. The van der Waals surface area contributed by atoms with Crippen LogP contribution in [0.25, 0.3) is 22.0 Å². The average Bonchev–Trinajstić information content (AvgIpc) is 3.45. The van der Waals surface area contributed by atoms with Gasteiger partial charge in [0, 0.05) is 40.3 Å². The van der Waals surface area contributed by atoms with Crippen LogP contribution < -0.4 is 10.1 Å². The van der Waals surface area contributed by atoms with Crippen LogP contribution in [0.15, 0.2) is 30.3 Å². The predicted molar refractivity (Wildman–Crippen MR) is 166 cm³/mol. The van der Waals surface area contributed by atoms with E-state index in [-0.39, 0.29) is 5.91 Å². The Hall–Kier alpha value is -3.78. The van der Waals surface area contributed by atoms with E-state index in [1.165, 1.54) is 0 Å². The van der Waals surface area contributed by atoms with E-state index in [0.717, 1.165) is 73.7 Å². The van der Waals surface area contributed by atoms with E-state index in [1.807, 2.05) is 63.7 Å². The maximum atomic E-state index is 13.8. The van der Waals surface area contributed by atoms with E-state index < -0.39 is 17.9 Å². The van der Waals surface area contributed by atoms with E-state index in [4.69, 9.17) is 16.3 Å². The van der Waals surface area contributed by atoms with Gasteiger partial charge in [0.15, 0.2) is 0 Å². The van der Waals surface area contributed by atoms with Crippen molar-refractivity contribution in [1.29, 1.82) is 0 Å². The van der Waals surface area contributed by atoms with Gasteiger partial charge in [0.1, 0.15) is 11.4 Å². The van der Waals surface area contributed by atoms with Gasteiger partial charge in [-0.2, -0.15) is 5.10 Å². The molecule has 1 fully saturated rings. The molecule has 2 aromatic carbocycles. The lowest BCUT2D eigenvalue weighted by atomic mass is 9.84. The van der Waals surface area contributed by atoms with Crippen molar-refractivity contribution in [2.45, 2.75) is 72.3 Å². The zero-order chi connectivity index (χ0) is 30.1. The summed E-state index contributed by atoms with van der Waals surface area (Å²) in [7, 11) is 1.93. The molecule has 2 aromatic heterocycles. The highest BCUT2D eigenvalue weighted by atomic mass is 35.5. The molecular weight excluding hydrogens is 552 g/mol. The molecule has 42 heavy (non-hydrogen) atoms. The summed E-state index contributed by atoms with van der Waals surface area (Å²) in [5.74, 6) is -0.930. The van der Waals surface area contributed by atoms with Gasteiger partial charge >= 0.3 is 5.97 Å². The minimum atomic E-state index is -0.855. The number of carboxylic acid groups (broad SMARTS) is 1. The van der Waals surface area contributed by atoms with Gasteiger partial charge in [0.25, 0.3) is 5.91 Å². The van der Waals surface area contributed by atoms with Gasteiger partial charge in [-0.25, -0.2) is 0 Å². The van der Waals surface area contributed by atoms with Gasteiger partial charge < -0.3 is 20.1 Å². The molecule has 222 valence electrons. The van der Waals surface area contributed by atoms with Crippen molar-refractivity contribution in [3.8, 4) is 16.9 Å². The quantitative estimate of drug-likeness (QED) is 0.185. The Balaban J connectivity index is 1.47. The molecule has 4 aromatic rings. The number of para-hydroxylation sites is 1. The number of hydrogen-bond donors (Lipinski definition) is 3. The van der Waals surface area contributed by atoms with Crippen molar-refractivity contribution in [3.63, 3.8) is 0 Å². The molecule has 8 nitrogen and oxygen atoms in total. The lowest BCUT2D eigenvalue weighted by Gasteiger charge is -2.29. The van der Waals surface area contributed by atoms with Crippen LogP contribution >= 0.6 is 11.6 Å². The summed E-state index contributed by atoms with van der Waals surface area (Å²) >= 11 is 6.32. The van der Waals surface area contributed by atoms with Crippen LogP contribution in [0.2, 0.25) is 5.02 Å². The number of aromatic amines is 1. The largest absolute Gasteiger partial charge is 0.494 e. The Kier molecular flexibility index (Phi) is 8.64. The fourth-order valence-corrected chi connectivity index (χ4v) is 6.48. The third kappa shape index (κ3) is 5.77. The molecule has 1 amide bonds. The molecule has 0 spiro atoms. The maximum Gasteiger partial charge on any atom is 0.308 e. The number of halogens is 1. The van der Waals surface area contributed by atoms with Crippen LogP contribution in [0.3, 0.4) is 0 Å². The van der Waals surface area contributed by atoms with Crippen molar-refractivity contribution in [1.82, 2.24) is 20.1 Å². The summed E-state index contributed by atoms with van der Waals surface area (Å²) in [5, 5.41) is 19.2. The number of aliphatic carboxylic acids is 1. The first kappa shape index (κ1) is 29.7. The van der Waals surface area contributed by atoms with Crippen molar-refractivity contribution < 1.29 is 19.4 Å². The summed E-state index contributed by atoms with van der Waals surface area (Å²) in [5.41, 5.74) is 8.17. The van der Waals surface area contributed by atoms with E-state index in [0.29, 0.717) is 38.0 Å². The normalized spacial score (nSPS) is 17.0. The standard InChI is InChI=1S/C33H39ClN4O4/c1-18-16-22(17-19(2)29(18)34)42-15-9-13-24-23-11-8-12-26(28-20(3)37-38(5)21(28)4)30(23)36-31(24)32(39)35-27-14-7-6-10-25(27)33(40)41/h8,11-12,16-17,25,27,36H,6-7,9-10,13-15H2,1-5H3,(H,35,39)(H,40,41)/t25-,27+/m1/s1. The van der Waals surface area contributed by atoms with E-state index in [1.54, 1.807) is 0 Å². The maximum absolute atomic E-state index is 13.8. The van der Waals surface area contributed by atoms with Gasteiger partial charge in [-0.05, 0) is 82.2 Å². The molecular formula is C33H39ClN4O4. The van der Waals surface area contributed by atoms with Crippen molar-refractivity contribution in [2.24, 2.45) is 13.0 Å². The van der Waals surface area contributed by atoms with E-state index in [2.05, 4.69) is 21.5 Å². The molecule has 5 rings (SSSR count). The molecule has 0 unspecified atom stereocenters. The lowest BCUT2D eigenvalue weighted by molar-refractivity contribution is -0.143. The highest BCUT2D eigenvalue weighted by Gasteiger charge is 2.33. The number of aromatic nitrogens is 3. The second-order valence-electron chi connectivity index (χ2n) is 11.5. The summed E-state index contributed by atoms with van der Waals surface area (Å²) in [6.45, 7) is 8.43. The van der Waals surface area contributed by atoms with Crippen LogP contribution in [-0.2, 0) is 18.3 Å². The van der Waals surface area contributed by atoms with Crippen LogP contribution in [0, 0.1) is 33.6 Å². The van der Waals surface area contributed by atoms with Crippen LogP contribution in [0.5, 0.6) is 5.75 Å². The summed E-state index contributed by atoms with van der Waals surface area (Å²) in [6, 6.07) is 9.58. The molecule has 1 aliphatic carbocycles. The number of nitrogens with one attached hydrogen (secondary N) is 2. The van der Waals surface area contributed by atoms with Gasteiger partial charge in [0.2, 0.25) is 0 Å². The Morgan fingerprint density at radius 2 is 1.86 bits per heavy atom. The lowest BCUT2D eigenvalue weighted by Crippen LogP contribution is -2.45. The van der Waals surface area contributed by atoms with E-state index >= 15 is 0 Å². The molecule has 2 heterocycles. The Labute approximate surface area is 251 Å². The van der Waals surface area contributed by atoms with Gasteiger partial charge in [-0.3, -0.25) is 14.3 Å². The number of carbonyl (C=O) groups excluding carboxylic acids is 1. The smallest absolute Gasteiger partial charge is 0.308 e. The molecule has 0 bridgehead atoms. The van der Waals surface area contributed by atoms with Gasteiger partial charge in [0.05, 0.1) is 23.7 Å². The number of fused-ring (bicyclic) bond motifs is 1. The van der Waals surface area contributed by atoms with Gasteiger partial charge in [-0.15, -0.1) is 0 Å². The Morgan fingerprint density at radius 3 is 2.52 bits per heavy atom. The molecule has 0 saturated heterocycles. The van der Waals surface area contributed by atoms with Crippen molar-refractivity contribution in [3.05, 3.63) is 69.1 Å². The third-order valence-corrected chi connectivity index (χ3v) is 9.19. The number of aryl methyl sites for hydroxylation is 5. The highest BCUT2D eigenvalue weighted by molar-refractivity contribution is 6.32. The molecule has 1 aliphatic rings. The molecule has 9 heteroatoms. The first-order valence-electron chi connectivity index (χ1n) is 14.6. The molecule has 0 radical (unpaired) electrons. The number of H-pyrrole nitrogens is 1. The first-order valence-corrected chi connectivity index (χ1v) is 15.0. The Morgan fingerprint density at radius 1 is 1.14 bits per heavy atom. The number of carbonyl (C=O) groups is 2. The molecule has 2 atom stereocenters. The first-order chi connectivity index (χ1) is 20.1. The number of hydrogen-bond acceptors (Lipinski definition) is 4. The van der Waals surface area contributed by atoms with E-state index in [9.17, 15) is 14.7 Å². The molecule has 3 N–H and O–H groups in total. The fraction of sp³-hybridized carbons (Fsp3) is 0.424. The second-order valence-corrected chi connectivity index (χ2v) is 11.9. The Bertz CT molecular complexity index is 1630. The number of nitrogens with zero attached hydrogens (tertiary/aromatic N) is 2. The third-order valence-electron chi connectivity index (χ3n) is 8.60. The topological polar surface area (TPSA) is 109 Å². The zero-order valence-electron chi connectivity index (χ0n) is 24.9. The van der Waals surface area contributed by atoms with Crippen molar-refractivity contribution >= 4 is 34.4 Å². The average molecular weight is 591 g/mol. The summed E-state index contributed by atoms with van der Waals surface area (Å²) in [4.78, 5) is 29.2. The fourth-order valence-electron chi connectivity index (χ4n) is 6.37. The van der Waals surface area contributed by atoms with Crippen LogP contribution in [0.4, 0.5) is 0 Å². The van der Waals surface area contributed by atoms with Crippen LogP contribution in [-0.4, -0.2) is 44.4 Å². The SMILES string of the molecule is Cc1cc(OCCCc2c(C(=O)N[C@H]3CCCC[C@H]3C(=O)O)[nH]c3c(-c4c(C)nn(C)c4C)cccc23)cc(C)c1Cl. The number of benzene rings is 2. The minimum absolute atomic E-state index is 0.269. The summed E-state index contributed by atoms with van der Waals surface area (Å²) in [6.07, 6.45) is 4.29. The number of carboxylic acids is 1. The predicted octanol–water partition coefficient (Wildman–Crippen LogP) is 6.84. The molecule has 1 saturated carbocycles. The van der Waals surface area contributed by atoms with Crippen LogP contribution in [0.1, 0.15) is 70.7 Å². The number of ether oxygens (including phenoxy) is 1. The minimum Gasteiger partial charge on any atom is -0.494 e. The molecule has 0 aliphatic heterocycles. The number of rotatable bonds is 9.